The minimum absolute atomic E-state index is 0. The number of nitrogens with one attached hydrogen (secondary N) is 1. The largest absolute Gasteiger partial charge is 0.354 e. The molecule has 1 unspecified atom stereocenters. The van der Waals surface area contributed by atoms with E-state index >= 15 is 0 Å². The van der Waals surface area contributed by atoms with Gasteiger partial charge in [-0.1, -0.05) is 29.4 Å². The summed E-state index contributed by atoms with van der Waals surface area (Å²) in [5, 5.41) is 7.40. The van der Waals surface area contributed by atoms with E-state index in [4.69, 9.17) is 9.51 Å². The lowest BCUT2D eigenvalue weighted by atomic mass is 10.1. The average molecular weight is 444 g/mol. The van der Waals surface area contributed by atoms with Crippen molar-refractivity contribution in [3.8, 4) is 34.0 Å². The van der Waals surface area contributed by atoms with Crippen molar-refractivity contribution in [3.63, 3.8) is 0 Å². The van der Waals surface area contributed by atoms with Crippen LogP contribution in [0.2, 0.25) is 0 Å². The van der Waals surface area contributed by atoms with E-state index in [1.165, 1.54) is 18.4 Å². The Balaban J connectivity index is 0.00000274. The van der Waals surface area contributed by atoms with Crippen molar-refractivity contribution >= 4 is 0 Å². The second kappa shape index (κ2) is 8.75. The summed E-state index contributed by atoms with van der Waals surface area (Å²) in [7, 11) is 1.93. The lowest BCUT2D eigenvalue weighted by Crippen LogP contribution is -2.23. The van der Waals surface area contributed by atoms with Crippen molar-refractivity contribution in [2.75, 3.05) is 7.05 Å². The molecule has 1 atom stereocenters. The molecule has 3 aromatic heterocycles. The lowest BCUT2D eigenvalue weighted by Gasteiger charge is -2.15. The first-order valence-corrected chi connectivity index (χ1v) is 11.3. The van der Waals surface area contributed by atoms with Crippen LogP contribution in [0.15, 0.2) is 64.2 Å². The van der Waals surface area contributed by atoms with Crippen LogP contribution in [-0.4, -0.2) is 26.7 Å². The first-order chi connectivity index (χ1) is 16.0. The maximum absolute atomic E-state index is 12.4. The van der Waals surface area contributed by atoms with Crippen molar-refractivity contribution in [1.82, 2.24) is 25.0 Å². The molecule has 1 fully saturated rings. The second-order valence-electron chi connectivity index (χ2n) is 8.73. The van der Waals surface area contributed by atoms with Crippen LogP contribution in [-0.2, 0) is 6.54 Å². The van der Waals surface area contributed by atoms with Crippen molar-refractivity contribution in [3.05, 3.63) is 76.5 Å². The molecular weight excluding hydrogens is 414 g/mol. The van der Waals surface area contributed by atoms with Crippen molar-refractivity contribution < 1.29 is 5.95 Å². The zero-order valence-corrected chi connectivity index (χ0v) is 19.1. The highest BCUT2D eigenvalue weighted by Gasteiger charge is 2.29. The number of aromatic nitrogens is 4. The van der Waals surface area contributed by atoms with Gasteiger partial charge in [0.15, 0.2) is 5.76 Å². The maximum atomic E-state index is 12.4. The molecule has 33 heavy (non-hydrogen) atoms. The molecule has 0 aliphatic heterocycles. The maximum Gasteiger partial charge on any atom is 0.250 e. The summed E-state index contributed by atoms with van der Waals surface area (Å²) in [4.78, 5) is 21.8. The fourth-order valence-electron chi connectivity index (χ4n) is 4.12. The fraction of sp³-hybridized carbons (Fsp3) is 0.308. The highest BCUT2D eigenvalue weighted by Crippen LogP contribution is 2.39. The van der Waals surface area contributed by atoms with E-state index in [-0.39, 0.29) is 13.0 Å². The Morgan fingerprint density at radius 3 is 2.64 bits per heavy atom. The van der Waals surface area contributed by atoms with Gasteiger partial charge in [-0.05, 0) is 51.3 Å². The van der Waals surface area contributed by atoms with Gasteiger partial charge in [0.25, 0.3) is 5.56 Å². The normalized spacial score (nSPS) is 14.4. The second-order valence-corrected chi connectivity index (χ2v) is 8.73. The van der Waals surface area contributed by atoms with Gasteiger partial charge in [0.2, 0.25) is 0 Å². The van der Waals surface area contributed by atoms with Gasteiger partial charge in [-0.15, -0.1) is 0 Å². The molecule has 1 aliphatic carbocycles. The summed E-state index contributed by atoms with van der Waals surface area (Å²) in [6.45, 7) is 4.83. The lowest BCUT2D eigenvalue weighted by molar-refractivity contribution is 0.433. The molecule has 170 valence electrons. The number of hydrogen-bond acceptors (Lipinski definition) is 6. The topological polar surface area (TPSA) is 85.8 Å². The first kappa shape index (κ1) is 21.3. The molecule has 1 aliphatic rings. The predicted molar refractivity (Wildman–Crippen MR) is 130 cm³/mol. The summed E-state index contributed by atoms with van der Waals surface area (Å²) in [6, 6.07) is 13.7. The van der Waals surface area contributed by atoms with Crippen molar-refractivity contribution in [2.24, 2.45) is 5.92 Å². The Labute approximate surface area is 194 Å². The highest BCUT2D eigenvalue weighted by atomic mass is 16.5. The molecule has 7 nitrogen and oxygen atoms in total. The number of hydrogen-bond donors (Lipinski definition) is 1. The van der Waals surface area contributed by atoms with Gasteiger partial charge < -0.3 is 14.4 Å². The molecule has 1 aromatic carbocycles. The SMILES string of the molecule is CNCc1ccc(-c2cc(-c3nc(-c4ccc(=O)n(C(C)C5CC5)c4)cnc3C)on2)cc1.[HH]. The summed E-state index contributed by atoms with van der Waals surface area (Å²) in [5.41, 5.74) is 5.90. The molecular formula is C26H29N5O2. The van der Waals surface area contributed by atoms with E-state index in [1.807, 2.05) is 42.9 Å². The fourth-order valence-corrected chi connectivity index (χ4v) is 4.12. The summed E-state index contributed by atoms with van der Waals surface area (Å²) in [5.74, 6) is 1.15. The van der Waals surface area contributed by atoms with Gasteiger partial charge in [-0.2, -0.15) is 0 Å². The Kier molecular flexibility index (Phi) is 5.64. The van der Waals surface area contributed by atoms with Crippen LogP contribution in [0, 0.1) is 12.8 Å². The third-order valence-corrected chi connectivity index (χ3v) is 6.31. The minimum atomic E-state index is 0. The standard InChI is InChI=1S/C26H27N5O2.H2/c1-16-26(24-12-22(30-33-24)20-6-4-18(5-7-20)13-27-3)29-23(14-28-16)21-10-11-25(32)31(15-21)17(2)19-8-9-19;/h4-7,10-12,14-15,17,19,27H,8-9,13H2,1-3H3;1H. The zero-order valence-electron chi connectivity index (χ0n) is 19.1. The number of aryl methyl sites for hydroxylation is 1. The Hall–Kier alpha value is -3.58. The van der Waals surface area contributed by atoms with Crippen LogP contribution < -0.4 is 10.9 Å². The Morgan fingerprint density at radius 2 is 1.91 bits per heavy atom. The Bertz CT molecular complexity index is 1340. The van der Waals surface area contributed by atoms with E-state index in [2.05, 4.69) is 34.5 Å². The molecule has 7 heteroatoms. The van der Waals surface area contributed by atoms with Crippen molar-refractivity contribution in [1.29, 1.82) is 0 Å². The number of rotatable bonds is 7. The van der Waals surface area contributed by atoms with E-state index in [1.54, 1.807) is 18.3 Å². The molecule has 3 heterocycles. The van der Waals surface area contributed by atoms with E-state index in [0.29, 0.717) is 23.1 Å². The molecule has 0 radical (unpaired) electrons. The molecule has 0 amide bonds. The van der Waals surface area contributed by atoms with Crippen LogP contribution in [0.25, 0.3) is 34.0 Å². The number of pyridine rings is 1. The first-order valence-electron chi connectivity index (χ1n) is 11.3. The van der Waals surface area contributed by atoms with Crippen LogP contribution in [0.5, 0.6) is 0 Å². The Morgan fingerprint density at radius 1 is 1.15 bits per heavy atom. The average Bonchev–Trinajstić information content (AvgIpc) is 3.57. The van der Waals surface area contributed by atoms with E-state index < -0.39 is 0 Å². The molecule has 1 N–H and O–H groups in total. The van der Waals surface area contributed by atoms with Gasteiger partial charge in [-0.25, -0.2) is 4.98 Å². The van der Waals surface area contributed by atoms with Crippen LogP contribution in [0.3, 0.4) is 0 Å². The third-order valence-electron chi connectivity index (χ3n) is 6.31. The van der Waals surface area contributed by atoms with E-state index in [0.717, 1.165) is 29.1 Å². The van der Waals surface area contributed by atoms with Crippen LogP contribution in [0.1, 0.15) is 38.5 Å². The summed E-state index contributed by atoms with van der Waals surface area (Å²) >= 11 is 0. The minimum Gasteiger partial charge on any atom is -0.354 e. The van der Waals surface area contributed by atoms with Gasteiger partial charge in [0.05, 0.1) is 17.6 Å². The monoisotopic (exact) mass is 443 g/mol. The predicted octanol–water partition coefficient (Wildman–Crippen LogP) is 4.87. The van der Waals surface area contributed by atoms with Crippen molar-refractivity contribution in [2.45, 2.75) is 39.3 Å². The molecule has 0 saturated heterocycles. The quantitative estimate of drug-likeness (QED) is 0.438. The van der Waals surface area contributed by atoms with Gasteiger partial charge in [0, 0.05) is 43.5 Å². The third kappa shape index (κ3) is 4.36. The van der Waals surface area contributed by atoms with Gasteiger partial charge in [0.1, 0.15) is 11.4 Å². The zero-order chi connectivity index (χ0) is 22.9. The van der Waals surface area contributed by atoms with Gasteiger partial charge >= 0.3 is 0 Å². The molecule has 0 spiro atoms. The molecule has 0 bridgehead atoms. The molecule has 4 aromatic rings. The molecule has 1 saturated carbocycles. The van der Waals surface area contributed by atoms with E-state index in [9.17, 15) is 4.79 Å². The summed E-state index contributed by atoms with van der Waals surface area (Å²) in [6.07, 6.45) is 5.99. The molecule has 5 rings (SSSR count). The number of nitrogens with zero attached hydrogens (tertiary/aromatic N) is 4. The van der Waals surface area contributed by atoms with Crippen LogP contribution in [0.4, 0.5) is 0 Å². The highest BCUT2D eigenvalue weighted by molar-refractivity contribution is 5.68. The summed E-state index contributed by atoms with van der Waals surface area (Å²) < 4.78 is 7.47. The smallest absolute Gasteiger partial charge is 0.250 e. The van der Waals surface area contributed by atoms with Crippen LogP contribution >= 0.6 is 0 Å². The van der Waals surface area contributed by atoms with Gasteiger partial charge in [-0.3, -0.25) is 9.78 Å². The number of benzene rings is 1.